The summed E-state index contributed by atoms with van der Waals surface area (Å²) < 4.78 is 0. The van der Waals surface area contributed by atoms with E-state index in [0.29, 0.717) is 0 Å². The molecule has 0 fully saturated rings. The monoisotopic (exact) mass is 248 g/mol. The van der Waals surface area contributed by atoms with Crippen LogP contribution < -0.4 is 0 Å². The fourth-order valence-electron chi connectivity index (χ4n) is 1.23. The summed E-state index contributed by atoms with van der Waals surface area (Å²) >= 11 is 0. The van der Waals surface area contributed by atoms with Crippen molar-refractivity contribution in [2.75, 3.05) is 0 Å². The highest BCUT2D eigenvalue weighted by atomic mass is 16.6. The van der Waals surface area contributed by atoms with Gasteiger partial charge in [0.2, 0.25) is 5.75 Å². The van der Waals surface area contributed by atoms with Crippen molar-refractivity contribution >= 4 is 17.5 Å². The summed E-state index contributed by atoms with van der Waals surface area (Å²) in [5.74, 6) is -2.07. The number of nitriles is 1. The first-order valence-corrected chi connectivity index (χ1v) is 4.70. The Morgan fingerprint density at radius 2 is 2.11 bits per heavy atom. The molecule has 0 saturated carbocycles. The van der Waals surface area contributed by atoms with E-state index in [2.05, 4.69) is 0 Å². The van der Waals surface area contributed by atoms with E-state index in [-0.39, 0.29) is 11.1 Å². The van der Waals surface area contributed by atoms with Gasteiger partial charge in [-0.25, -0.2) is 0 Å². The SMILES string of the molecule is CC(=O)/C(C#N)=C/c1cc(O)c(O)c([N+](=O)[O-])c1. The predicted octanol–water partition coefficient (Wildman–Crippen LogP) is 1.50. The number of carbonyl (C=O) groups excluding carboxylic acids is 1. The van der Waals surface area contributed by atoms with Crippen molar-refractivity contribution in [2.45, 2.75) is 6.92 Å². The summed E-state index contributed by atoms with van der Waals surface area (Å²) in [4.78, 5) is 20.7. The van der Waals surface area contributed by atoms with Crippen LogP contribution in [0, 0.1) is 21.4 Å². The number of hydrogen-bond acceptors (Lipinski definition) is 6. The Hall–Kier alpha value is -2.88. The molecule has 0 aliphatic rings. The Balaban J connectivity index is 3.41. The van der Waals surface area contributed by atoms with Gasteiger partial charge in [-0.1, -0.05) is 0 Å². The zero-order valence-corrected chi connectivity index (χ0v) is 9.25. The van der Waals surface area contributed by atoms with Gasteiger partial charge in [0, 0.05) is 6.07 Å². The van der Waals surface area contributed by atoms with Gasteiger partial charge in [0.1, 0.15) is 6.07 Å². The highest BCUT2D eigenvalue weighted by Crippen LogP contribution is 2.36. The van der Waals surface area contributed by atoms with E-state index in [4.69, 9.17) is 5.26 Å². The van der Waals surface area contributed by atoms with Crippen molar-refractivity contribution in [3.8, 4) is 17.6 Å². The minimum atomic E-state index is -0.883. The number of carbonyl (C=O) groups is 1. The van der Waals surface area contributed by atoms with E-state index in [0.717, 1.165) is 18.2 Å². The topological polar surface area (TPSA) is 124 Å². The van der Waals surface area contributed by atoms with E-state index < -0.39 is 27.9 Å². The van der Waals surface area contributed by atoms with Crippen molar-refractivity contribution in [2.24, 2.45) is 0 Å². The number of nitrogens with zero attached hydrogens (tertiary/aromatic N) is 2. The second-order valence-corrected chi connectivity index (χ2v) is 3.39. The predicted molar refractivity (Wildman–Crippen MR) is 60.7 cm³/mol. The van der Waals surface area contributed by atoms with Crippen molar-refractivity contribution < 1.29 is 19.9 Å². The van der Waals surface area contributed by atoms with Gasteiger partial charge in [0.05, 0.1) is 10.5 Å². The summed E-state index contributed by atoms with van der Waals surface area (Å²) in [7, 11) is 0. The molecule has 1 aromatic carbocycles. The first kappa shape index (κ1) is 13.2. The molecule has 2 N–H and O–H groups in total. The molecule has 1 aromatic rings. The van der Waals surface area contributed by atoms with E-state index in [1.54, 1.807) is 6.07 Å². The summed E-state index contributed by atoms with van der Waals surface area (Å²) in [6.07, 6.45) is 1.09. The van der Waals surface area contributed by atoms with E-state index >= 15 is 0 Å². The average molecular weight is 248 g/mol. The normalized spacial score (nSPS) is 10.8. The minimum absolute atomic E-state index is 0.0729. The molecule has 0 amide bonds. The molecular weight excluding hydrogens is 240 g/mol. The highest BCUT2D eigenvalue weighted by Gasteiger charge is 2.18. The summed E-state index contributed by atoms with van der Waals surface area (Å²) in [5, 5.41) is 37.8. The minimum Gasteiger partial charge on any atom is -0.504 e. The number of aromatic hydroxyl groups is 2. The van der Waals surface area contributed by atoms with Gasteiger partial charge in [0.25, 0.3) is 0 Å². The first-order chi connectivity index (χ1) is 8.36. The van der Waals surface area contributed by atoms with Crippen LogP contribution in [0.4, 0.5) is 5.69 Å². The van der Waals surface area contributed by atoms with Crippen LogP contribution in [0.25, 0.3) is 6.08 Å². The summed E-state index contributed by atoms with van der Waals surface area (Å²) in [6.45, 7) is 1.17. The van der Waals surface area contributed by atoms with Crippen molar-refractivity contribution in [1.82, 2.24) is 0 Å². The zero-order chi connectivity index (χ0) is 13.9. The summed E-state index contributed by atoms with van der Waals surface area (Å²) in [6, 6.07) is 3.60. The van der Waals surface area contributed by atoms with E-state index in [9.17, 15) is 25.1 Å². The molecule has 0 unspecified atom stereocenters. The molecule has 0 aliphatic carbocycles. The quantitative estimate of drug-likeness (QED) is 0.274. The van der Waals surface area contributed by atoms with Gasteiger partial charge in [-0.15, -0.1) is 0 Å². The van der Waals surface area contributed by atoms with Crippen LogP contribution in [0.2, 0.25) is 0 Å². The van der Waals surface area contributed by atoms with Crippen LogP contribution in [0.5, 0.6) is 11.5 Å². The van der Waals surface area contributed by atoms with Crippen LogP contribution in [-0.2, 0) is 4.79 Å². The third-order valence-corrected chi connectivity index (χ3v) is 2.10. The van der Waals surface area contributed by atoms with Crippen molar-refractivity contribution in [1.29, 1.82) is 5.26 Å². The average Bonchev–Trinajstić information content (AvgIpc) is 2.29. The second kappa shape index (κ2) is 4.97. The van der Waals surface area contributed by atoms with Gasteiger partial charge in [-0.2, -0.15) is 5.26 Å². The molecule has 7 nitrogen and oxygen atoms in total. The third-order valence-electron chi connectivity index (χ3n) is 2.10. The zero-order valence-electron chi connectivity index (χ0n) is 9.25. The maximum Gasteiger partial charge on any atom is 0.315 e. The number of hydrogen-bond donors (Lipinski definition) is 2. The number of rotatable bonds is 3. The molecule has 1 rings (SSSR count). The Bertz CT molecular complexity index is 598. The molecule has 0 radical (unpaired) electrons. The van der Waals surface area contributed by atoms with Crippen LogP contribution in [0.1, 0.15) is 12.5 Å². The smallest absolute Gasteiger partial charge is 0.315 e. The number of nitro benzene ring substituents is 1. The Labute approximate surface area is 101 Å². The molecule has 0 saturated heterocycles. The van der Waals surface area contributed by atoms with Crippen LogP contribution in [0.3, 0.4) is 0 Å². The molecule has 0 bridgehead atoms. The molecule has 0 spiro atoms. The lowest BCUT2D eigenvalue weighted by atomic mass is 10.1. The number of allylic oxidation sites excluding steroid dienone is 1. The van der Waals surface area contributed by atoms with Crippen molar-refractivity contribution in [3.63, 3.8) is 0 Å². The molecule has 0 heterocycles. The summed E-state index contributed by atoms with van der Waals surface area (Å²) in [5.41, 5.74) is -0.847. The number of ketones is 1. The van der Waals surface area contributed by atoms with Crippen LogP contribution in [-0.4, -0.2) is 20.9 Å². The Morgan fingerprint density at radius 3 is 2.56 bits per heavy atom. The lowest BCUT2D eigenvalue weighted by Gasteiger charge is -2.01. The molecule has 18 heavy (non-hydrogen) atoms. The van der Waals surface area contributed by atoms with E-state index in [1.165, 1.54) is 6.92 Å². The highest BCUT2D eigenvalue weighted by molar-refractivity contribution is 6.01. The number of phenolic OH excluding ortho intramolecular Hbond substituents is 2. The standard InChI is InChI=1S/C11H8N2O5/c1-6(14)8(5-12)2-7-3-9(13(17)18)11(16)10(15)4-7/h2-4,15-16H,1H3/b8-2+. The van der Waals surface area contributed by atoms with Gasteiger partial charge in [0.15, 0.2) is 11.5 Å². The molecular formula is C11H8N2O5. The molecule has 0 aliphatic heterocycles. The Kier molecular flexibility index (Phi) is 3.64. The van der Waals surface area contributed by atoms with Crippen LogP contribution in [0.15, 0.2) is 17.7 Å². The number of benzene rings is 1. The largest absolute Gasteiger partial charge is 0.504 e. The lowest BCUT2D eigenvalue weighted by molar-refractivity contribution is -0.386. The number of nitro groups is 1. The van der Waals surface area contributed by atoms with Crippen LogP contribution >= 0.6 is 0 Å². The molecule has 7 heteroatoms. The van der Waals surface area contributed by atoms with E-state index in [1.807, 2.05) is 0 Å². The fraction of sp³-hybridized carbons (Fsp3) is 0.0909. The lowest BCUT2D eigenvalue weighted by Crippen LogP contribution is -1.94. The van der Waals surface area contributed by atoms with Gasteiger partial charge < -0.3 is 10.2 Å². The molecule has 0 atom stereocenters. The number of Topliss-reactive ketones (excluding diaryl/α,β-unsaturated/α-hetero) is 1. The Morgan fingerprint density at radius 1 is 1.50 bits per heavy atom. The second-order valence-electron chi connectivity index (χ2n) is 3.39. The maximum absolute atomic E-state index is 11.0. The van der Waals surface area contributed by atoms with Gasteiger partial charge in [-0.3, -0.25) is 14.9 Å². The van der Waals surface area contributed by atoms with Gasteiger partial charge in [-0.05, 0) is 24.6 Å². The van der Waals surface area contributed by atoms with Gasteiger partial charge >= 0.3 is 5.69 Å². The van der Waals surface area contributed by atoms with Crippen molar-refractivity contribution in [3.05, 3.63) is 33.4 Å². The number of phenols is 2. The maximum atomic E-state index is 11.0. The first-order valence-electron chi connectivity index (χ1n) is 4.70. The molecule has 0 aromatic heterocycles. The molecule has 92 valence electrons. The third kappa shape index (κ3) is 2.62. The fourth-order valence-corrected chi connectivity index (χ4v) is 1.23.